The van der Waals surface area contributed by atoms with E-state index < -0.39 is 0 Å². The molecule has 0 aliphatic carbocycles. The Morgan fingerprint density at radius 1 is 0.333 bits per heavy atom. The van der Waals surface area contributed by atoms with Crippen molar-refractivity contribution in [1.29, 1.82) is 0 Å². The highest BCUT2D eigenvalue weighted by Gasteiger charge is -0.366. The molecule has 0 aromatic rings. The Kier molecular flexibility index (Phi) is 44900. The normalized spacial score (nSPS) is 0. The third-order valence-corrected chi connectivity index (χ3v) is 0. The van der Waals surface area contributed by atoms with Crippen molar-refractivity contribution in [2.45, 2.75) is 0 Å². The maximum atomic E-state index is 0. The molecule has 0 aromatic carbocycles. The lowest BCUT2D eigenvalue weighted by Gasteiger charge is -2.00. The van der Waals surface area contributed by atoms with Gasteiger partial charge in [-0.25, -0.2) is 0 Å². The van der Waals surface area contributed by atoms with Gasteiger partial charge in [0.05, 0.1) is 0 Å². The molecule has 16 N–H and O–H groups in total. The highest BCUT2D eigenvalue weighted by molar-refractivity contribution is 7.37. The molecular weight excluding hydrogens is 120 g/mol. The van der Waals surface area contributed by atoms with E-state index in [9.17, 15) is 0 Å². The van der Waals surface area contributed by atoms with Crippen molar-refractivity contribution in [2.24, 2.45) is 0 Å². The van der Waals surface area contributed by atoms with Crippen molar-refractivity contribution >= 4 is 27.0 Å². The number of rotatable bonds is 0. The Bertz CT molecular complexity index is 5.51. The molecule has 0 saturated heterocycles. The second-order valence-electron chi connectivity index (χ2n) is 0. The summed E-state index contributed by atoms with van der Waals surface area (Å²) in [5.74, 6) is 0. The average Bonchev–Trinajstić information content (AvgIpc) is 0. The van der Waals surface area contributed by atoms with E-state index in [-0.39, 0.29) is 51.6 Å². The minimum Gasteiger partial charge on any atom is -2.00 e. The zero-order valence-electron chi connectivity index (χ0n) is 4.82. The van der Waals surface area contributed by atoms with Crippen molar-refractivity contribution in [1.82, 2.24) is 24.6 Å². The Morgan fingerprint density at radius 3 is 0.333 bits per heavy atom. The summed E-state index contributed by atoms with van der Waals surface area (Å²) in [7, 11) is 0. The van der Waals surface area contributed by atoms with Crippen LogP contribution >= 0.6 is 0 Å². The predicted octanol–water partition coefficient (Wildman–Crippen LogP) is 1.50. The molecule has 0 bridgehead atoms. The maximum absolute atomic E-state index is 0. The third-order valence-electron chi connectivity index (χ3n) is 0. The molecule has 0 saturated carbocycles. The van der Waals surface area contributed by atoms with Gasteiger partial charge in [0, 0.05) is 0 Å². The Balaban J connectivity index is 0. The summed E-state index contributed by atoms with van der Waals surface area (Å²) < 4.78 is 0. The van der Waals surface area contributed by atoms with Crippen LogP contribution in [-0.2, 0) is 27.0 Å². The molecule has 0 rings (SSSR count). The monoisotopic (exact) mass is 136 g/mol. The fourth-order valence-electron chi connectivity index (χ4n) is 0. The highest BCUT2D eigenvalue weighted by atomic mass is 32.1. The maximum Gasteiger partial charge on any atom is -0.369 e. The lowest BCUT2D eigenvalue weighted by molar-refractivity contribution is 2.13. The van der Waals surface area contributed by atoms with Crippen LogP contribution in [0.25, 0.3) is 0 Å². The minimum atomic E-state index is 0. The Hall–Kier alpha value is 0.540. The molecule has 0 aliphatic rings. The fourth-order valence-corrected chi connectivity index (χ4v) is 0. The summed E-state index contributed by atoms with van der Waals surface area (Å²) in [6.07, 6.45) is 0. The van der Waals surface area contributed by atoms with Crippen LogP contribution in [0.4, 0.5) is 0 Å². The van der Waals surface area contributed by atoms with E-state index in [1.807, 2.05) is 0 Å². The van der Waals surface area contributed by atoms with Crippen LogP contribution in [-0.4, -0.2) is 0 Å². The lowest BCUT2D eigenvalue weighted by Crippen LogP contribution is -0.482. The second-order valence-corrected chi connectivity index (χ2v) is 0. The zero-order chi connectivity index (χ0) is 0. The van der Waals surface area contributed by atoms with Crippen LogP contribution in [0.1, 0.15) is 0 Å². The van der Waals surface area contributed by atoms with Gasteiger partial charge in [0.15, 0.2) is 0 Å². The molecule has 0 radical (unpaired) electrons. The van der Waals surface area contributed by atoms with Crippen molar-refractivity contribution < 1.29 is 0 Å². The quantitative estimate of drug-likeness (QED) is 0.382. The van der Waals surface area contributed by atoms with E-state index in [2.05, 4.69) is 0 Å². The van der Waals surface area contributed by atoms with Gasteiger partial charge in [-0.3, -0.25) is 0 Å². The summed E-state index contributed by atoms with van der Waals surface area (Å²) in [4.78, 5) is 0. The van der Waals surface area contributed by atoms with Gasteiger partial charge in [0.2, 0.25) is 0 Å². The topological polar surface area (TPSA) is 146 Å². The summed E-state index contributed by atoms with van der Waals surface area (Å²) in [5.41, 5.74) is 0. The fraction of sp³-hybridized carbons (Fsp3) is 0. The lowest BCUT2D eigenvalue weighted by atomic mass is 14.0. The van der Waals surface area contributed by atoms with Gasteiger partial charge in [0.1, 0.15) is 0 Å². The van der Waals surface area contributed by atoms with Gasteiger partial charge in [-0.2, -0.15) is 0 Å². The first-order valence-corrected chi connectivity index (χ1v) is 0. The first-order chi connectivity index (χ1) is 0. The minimum absolute atomic E-state index is 0. The van der Waals surface area contributed by atoms with E-state index in [4.69, 9.17) is 0 Å². The number of hydrogen-bond acceptors (Lipinski definition) is 0. The number of hydrogen-bond donors (Lipinski definition) is 4. The van der Waals surface area contributed by atoms with Crippen molar-refractivity contribution in [3.8, 4) is 0 Å². The van der Waals surface area contributed by atoms with Gasteiger partial charge in [-0.05, 0) is 0 Å². The highest BCUT2D eigenvalue weighted by Crippen LogP contribution is -0.00138. The van der Waals surface area contributed by atoms with E-state index in [1.165, 1.54) is 0 Å². The predicted molar refractivity (Wildman–Crippen MR) is 38.7 cm³/mol. The van der Waals surface area contributed by atoms with Gasteiger partial charge in [-0.1, -0.05) is 0 Å². The molecule has 0 fully saturated rings. The van der Waals surface area contributed by atoms with Gasteiger partial charge < -0.3 is 51.6 Å². The SMILES string of the molecule is [NH4+].[NH4+].[NH4+].[NH4+].[S-2].[S-2]. The molecule has 0 aliphatic heterocycles. The van der Waals surface area contributed by atoms with E-state index >= 15 is 0 Å². The molecule has 48 valence electrons. The zero-order valence-corrected chi connectivity index (χ0v) is 6.45. The molecule has 0 atom stereocenters. The van der Waals surface area contributed by atoms with E-state index in [1.54, 1.807) is 0 Å². The number of quaternary nitrogens is 4. The van der Waals surface area contributed by atoms with Crippen LogP contribution in [0.2, 0.25) is 0 Å². The largest absolute Gasteiger partial charge is 2.00 e. The molecule has 6 heteroatoms. The Labute approximate surface area is 52.3 Å². The summed E-state index contributed by atoms with van der Waals surface area (Å²) in [6, 6.07) is 0. The molecule has 4 nitrogen and oxygen atoms in total. The summed E-state index contributed by atoms with van der Waals surface area (Å²) in [6.45, 7) is 0. The average molecular weight is 136 g/mol. The van der Waals surface area contributed by atoms with Gasteiger partial charge in [0.25, 0.3) is 0 Å². The van der Waals surface area contributed by atoms with Crippen molar-refractivity contribution in [3.63, 3.8) is 0 Å². The van der Waals surface area contributed by atoms with Crippen LogP contribution in [0.5, 0.6) is 0 Å². The van der Waals surface area contributed by atoms with E-state index in [0.29, 0.717) is 0 Å². The Morgan fingerprint density at radius 2 is 0.333 bits per heavy atom. The molecular formula is H16N4S2. The summed E-state index contributed by atoms with van der Waals surface area (Å²) >= 11 is 0. The van der Waals surface area contributed by atoms with Crippen LogP contribution < -0.4 is 24.6 Å². The molecule has 6 heavy (non-hydrogen) atoms. The first-order valence-electron chi connectivity index (χ1n) is 0. The van der Waals surface area contributed by atoms with Crippen molar-refractivity contribution in [3.05, 3.63) is 0 Å². The van der Waals surface area contributed by atoms with Gasteiger partial charge >= 0.3 is 0 Å². The smallest absolute Gasteiger partial charge is 0.369 e. The standard InChI is InChI=1S/4H3N.2S/h4*1H3;;/q;;;;2*-2/p+4. The van der Waals surface area contributed by atoms with Crippen LogP contribution in [0.15, 0.2) is 0 Å². The third kappa shape index (κ3) is 195. The second kappa shape index (κ2) is 392. The molecule has 0 heterocycles. The summed E-state index contributed by atoms with van der Waals surface area (Å²) in [5, 5.41) is 0. The van der Waals surface area contributed by atoms with Crippen molar-refractivity contribution in [2.75, 3.05) is 0 Å². The van der Waals surface area contributed by atoms with Gasteiger partial charge in [-0.15, -0.1) is 0 Å². The molecule has 0 spiro atoms. The van der Waals surface area contributed by atoms with E-state index in [0.717, 1.165) is 0 Å². The molecule has 0 aromatic heterocycles. The molecule has 0 amide bonds. The first kappa shape index (κ1) is 688. The molecule has 0 unspecified atom stereocenters. The van der Waals surface area contributed by atoms with Crippen LogP contribution in [0, 0.1) is 0 Å². The van der Waals surface area contributed by atoms with Crippen LogP contribution in [0.3, 0.4) is 0 Å².